The van der Waals surface area contributed by atoms with Gasteiger partial charge in [-0.1, -0.05) is 0 Å². The summed E-state index contributed by atoms with van der Waals surface area (Å²) in [6.45, 7) is 18.6. The van der Waals surface area contributed by atoms with Crippen molar-refractivity contribution in [1.82, 2.24) is 57.3 Å². The van der Waals surface area contributed by atoms with Crippen molar-refractivity contribution >= 4 is 40.1 Å². The minimum atomic E-state index is -6.72. The molecule has 0 amide bonds. The van der Waals surface area contributed by atoms with Crippen LogP contribution in [0.4, 0.5) is 52.7 Å². The van der Waals surface area contributed by atoms with Gasteiger partial charge in [0.1, 0.15) is 0 Å². The molecule has 0 fully saturated rings. The van der Waals surface area contributed by atoms with E-state index in [4.69, 9.17) is 0 Å². The normalized spacial score (nSPS) is 11.6. The van der Waals surface area contributed by atoms with Gasteiger partial charge in [0.05, 0.1) is 38.0 Å². The standard InChI is InChI=1S/6C5H8N2.2C2F6NO4S2.Zn/c6*1-2-7-4-3-6-5-7;2*3-1(4,5)14(10,11)9-15(12,13)2(6,7)8;/h6*3-5H,2H2,1H3;;;/q;;;;;;2*-1;+2. The SMILES string of the molecule is CCn1ccnc1.CCn1ccnc1.CCn1ccnc1.CCn1ccnc1.CCn1ccnc1.CCn1ccnc1.O=S(=O)([N-]S(=O)(=O)C(F)(F)F)C(F)(F)F.O=S(=O)([N-]S(=O)(=O)C(F)(F)F)C(F)(F)F.[Zn+2]. The van der Waals surface area contributed by atoms with E-state index in [1.54, 1.807) is 75.1 Å². The van der Waals surface area contributed by atoms with Crippen molar-refractivity contribution in [2.45, 2.75) is 103 Å². The van der Waals surface area contributed by atoms with Crippen molar-refractivity contribution in [3.05, 3.63) is 121 Å². The van der Waals surface area contributed by atoms with Crippen LogP contribution in [0.1, 0.15) is 41.5 Å². The number of aromatic nitrogens is 12. The van der Waals surface area contributed by atoms with E-state index in [0.717, 1.165) is 47.5 Å². The number of alkyl halides is 12. The molecule has 0 aliphatic heterocycles. The molecule has 22 nitrogen and oxygen atoms in total. The number of aryl methyl sites for hydroxylation is 6. The molecule has 6 heterocycles. The van der Waals surface area contributed by atoms with E-state index in [0.29, 0.717) is 0 Å². The number of hydrogen-bond donors (Lipinski definition) is 0. The molecule has 0 aromatic carbocycles. The summed E-state index contributed by atoms with van der Waals surface area (Å²) < 4.78 is 230. The molecule has 6 aromatic rings. The third kappa shape index (κ3) is 29.9. The van der Waals surface area contributed by atoms with Crippen molar-refractivity contribution < 1.29 is 106 Å². The Morgan fingerprint density at radius 2 is 0.438 bits per heavy atom. The smallest absolute Gasteiger partial charge is 0.421 e. The van der Waals surface area contributed by atoms with E-state index >= 15 is 0 Å². The number of sulfonamides is 4. The summed E-state index contributed by atoms with van der Waals surface area (Å²) in [6, 6.07) is 0. The van der Waals surface area contributed by atoms with E-state index < -0.39 is 62.1 Å². The molecule has 0 aliphatic rings. The topological polar surface area (TPSA) is 272 Å². The molecule has 39 heteroatoms. The maximum absolute atomic E-state index is 11.4. The van der Waals surface area contributed by atoms with E-state index in [1.165, 1.54) is 0 Å². The van der Waals surface area contributed by atoms with Gasteiger partial charge < -0.3 is 35.7 Å². The second kappa shape index (κ2) is 33.6. The van der Waals surface area contributed by atoms with Crippen LogP contribution < -0.4 is 0 Å². The van der Waals surface area contributed by atoms with Gasteiger partial charge in [-0.25, -0.2) is 63.6 Å². The Bertz CT molecular complexity index is 2270. The Morgan fingerprint density at radius 1 is 0.315 bits per heavy atom. The van der Waals surface area contributed by atoms with Crippen molar-refractivity contribution in [3.63, 3.8) is 0 Å². The zero-order valence-electron chi connectivity index (χ0n) is 39.0. The Morgan fingerprint density at radius 3 is 0.493 bits per heavy atom. The summed E-state index contributed by atoms with van der Waals surface area (Å²) in [5, 5.41) is 0. The second-order valence-corrected chi connectivity index (χ2v) is 19.0. The first-order valence-electron chi connectivity index (χ1n) is 19.5. The number of rotatable bonds is 10. The fourth-order valence-corrected chi connectivity index (χ4v) is 6.69. The first-order chi connectivity index (χ1) is 33.0. The minimum Gasteiger partial charge on any atom is -0.421 e. The van der Waals surface area contributed by atoms with Crippen LogP contribution in [0.25, 0.3) is 8.25 Å². The molecule has 0 saturated carbocycles. The van der Waals surface area contributed by atoms with Crippen molar-refractivity contribution in [3.8, 4) is 0 Å². The van der Waals surface area contributed by atoms with Crippen LogP contribution in [0.2, 0.25) is 0 Å². The van der Waals surface area contributed by atoms with Crippen LogP contribution in [-0.2, 0) is 98.8 Å². The fraction of sp³-hybridized carbons (Fsp3) is 0.471. The third-order valence-corrected chi connectivity index (χ3v) is 12.6. The number of nitrogens with zero attached hydrogens (tertiary/aromatic N) is 14. The van der Waals surface area contributed by atoms with Gasteiger partial charge in [0.15, 0.2) is 40.1 Å². The van der Waals surface area contributed by atoms with Gasteiger partial charge in [0.2, 0.25) is 0 Å². The molecule has 0 bridgehead atoms. The van der Waals surface area contributed by atoms with Gasteiger partial charge in [0.25, 0.3) is 0 Å². The third-order valence-electron chi connectivity index (χ3n) is 7.11. The van der Waals surface area contributed by atoms with Gasteiger partial charge in [-0.3, -0.25) is 0 Å². The Balaban J connectivity index is -0.000000783. The minimum absolute atomic E-state index is 0. The zero-order valence-corrected chi connectivity index (χ0v) is 45.3. The summed E-state index contributed by atoms with van der Waals surface area (Å²) in [5.74, 6) is 0. The molecule has 6 aromatic heterocycles. The van der Waals surface area contributed by atoms with Crippen LogP contribution in [0.3, 0.4) is 0 Å². The Kier molecular flexibility index (Phi) is 33.1. The average molecular weight is 1200 g/mol. The van der Waals surface area contributed by atoms with E-state index in [1.807, 2.05) is 64.6 Å². The van der Waals surface area contributed by atoms with Crippen LogP contribution in [-0.4, -0.2) is 113 Å². The molecule has 0 saturated heterocycles. The van der Waals surface area contributed by atoms with E-state index in [2.05, 4.69) is 71.4 Å². The van der Waals surface area contributed by atoms with Gasteiger partial charge in [-0.05, 0) is 41.5 Å². The number of imidazole rings is 6. The molecule has 73 heavy (non-hydrogen) atoms. The average Bonchev–Trinajstić information content (AvgIpc) is 4.14. The summed E-state index contributed by atoms with van der Waals surface area (Å²) in [7, 11) is -26.9. The molecule has 0 atom stereocenters. The van der Waals surface area contributed by atoms with Gasteiger partial charge in [-0.15, -0.1) is 0 Å². The predicted octanol–water partition coefficient (Wildman–Crippen LogP) is 7.53. The largest absolute Gasteiger partial charge is 2.00 e. The Hall–Kier alpha value is -5.24. The molecular weight excluding hydrogens is 1150 g/mol. The predicted molar refractivity (Wildman–Crippen MR) is 234 cm³/mol. The first kappa shape index (κ1) is 72.0. The molecule has 0 N–H and O–H groups in total. The molecule has 0 unspecified atom stereocenters. The van der Waals surface area contributed by atoms with Crippen LogP contribution in [0.5, 0.6) is 0 Å². The molecule has 0 aliphatic carbocycles. The quantitative estimate of drug-likeness (QED) is 0.0947. The number of hydrogen-bond acceptors (Lipinski definition) is 14. The first-order valence-corrected chi connectivity index (χ1v) is 25.2. The second-order valence-electron chi connectivity index (χ2n) is 12.2. The fourth-order valence-electron chi connectivity index (χ4n) is 3.27. The van der Waals surface area contributed by atoms with Crippen LogP contribution >= 0.6 is 0 Å². The molecule has 412 valence electrons. The molecular formula is C34H48F12N14O8S4Zn. The molecule has 0 radical (unpaired) electrons. The van der Waals surface area contributed by atoms with Crippen molar-refractivity contribution in [2.75, 3.05) is 0 Å². The molecule has 6 rings (SSSR count). The van der Waals surface area contributed by atoms with Gasteiger partial charge >= 0.3 is 41.5 Å². The van der Waals surface area contributed by atoms with Crippen LogP contribution in [0, 0.1) is 0 Å². The summed E-state index contributed by atoms with van der Waals surface area (Å²) >= 11 is 0. The number of halogens is 12. The molecule has 0 spiro atoms. The maximum atomic E-state index is 11.4. The van der Waals surface area contributed by atoms with E-state index in [9.17, 15) is 86.4 Å². The monoisotopic (exact) mass is 1200 g/mol. The van der Waals surface area contributed by atoms with Gasteiger partial charge in [0, 0.05) is 114 Å². The summed E-state index contributed by atoms with van der Waals surface area (Å²) in [5.41, 5.74) is -24.8. The van der Waals surface area contributed by atoms with Crippen molar-refractivity contribution in [2.24, 2.45) is 0 Å². The Labute approximate surface area is 424 Å². The van der Waals surface area contributed by atoms with Gasteiger partial charge in [-0.2, -0.15) is 52.7 Å². The van der Waals surface area contributed by atoms with Crippen LogP contribution in [0.15, 0.2) is 112 Å². The van der Waals surface area contributed by atoms with Crippen molar-refractivity contribution in [1.29, 1.82) is 0 Å². The summed E-state index contributed by atoms with van der Waals surface area (Å²) in [6.07, 6.45) is 33.2. The zero-order chi connectivity index (χ0) is 56.1. The van der Waals surface area contributed by atoms with E-state index in [-0.39, 0.29) is 19.5 Å². The maximum Gasteiger partial charge on any atom is 2.00 e. The summed E-state index contributed by atoms with van der Waals surface area (Å²) in [4.78, 5) is 23.1.